The van der Waals surface area contributed by atoms with Crippen LogP contribution in [0.1, 0.15) is 37.7 Å². The number of anilines is 1. The number of hydrogen-bond acceptors (Lipinski definition) is 2. The molecule has 2 aliphatic rings. The monoisotopic (exact) mass is 286 g/mol. The molecule has 0 unspecified atom stereocenters. The molecule has 1 aromatic carbocycles. The Balaban J connectivity index is 1.71. The van der Waals surface area contributed by atoms with Gasteiger partial charge in [0, 0.05) is 31.9 Å². The van der Waals surface area contributed by atoms with Crippen LogP contribution in [0.4, 0.5) is 5.69 Å². The molecule has 1 aliphatic heterocycles. The lowest BCUT2D eigenvalue weighted by molar-refractivity contribution is 0.487. The van der Waals surface area contributed by atoms with E-state index < -0.39 is 0 Å². The highest BCUT2D eigenvalue weighted by Gasteiger charge is 2.27. The highest BCUT2D eigenvalue weighted by Crippen LogP contribution is 2.26. The lowest BCUT2D eigenvalue weighted by Crippen LogP contribution is -2.35. The first-order valence-corrected chi connectivity index (χ1v) is 8.11. The van der Waals surface area contributed by atoms with Gasteiger partial charge in [0.15, 0.2) is 5.96 Å². The largest absolute Gasteiger partial charge is 0.371 e. The van der Waals surface area contributed by atoms with Crippen LogP contribution in [0, 0.1) is 0 Å². The standard InChI is InChI=1S/C17H26N4/c1-20(15-9-10-15)17(18)19-13-14-7-3-4-8-16(14)21-11-5-2-6-12-21/h3-4,7-8,15H,2,5-6,9-13H2,1H3,(H2,18,19). The van der Waals surface area contributed by atoms with Crippen LogP contribution in [0.3, 0.4) is 0 Å². The van der Waals surface area contributed by atoms with Gasteiger partial charge in [-0.05, 0) is 43.7 Å². The van der Waals surface area contributed by atoms with Crippen molar-refractivity contribution in [2.75, 3.05) is 25.0 Å². The summed E-state index contributed by atoms with van der Waals surface area (Å²) < 4.78 is 0. The van der Waals surface area contributed by atoms with Crippen molar-refractivity contribution >= 4 is 11.6 Å². The third kappa shape index (κ3) is 3.49. The molecule has 2 fully saturated rings. The Kier molecular flexibility index (Phi) is 4.32. The summed E-state index contributed by atoms with van der Waals surface area (Å²) in [6, 6.07) is 9.23. The number of aliphatic imine (C=N–C) groups is 1. The second-order valence-corrected chi connectivity index (χ2v) is 6.19. The predicted octanol–water partition coefficient (Wildman–Crippen LogP) is 2.59. The van der Waals surface area contributed by atoms with E-state index in [0.29, 0.717) is 18.5 Å². The first kappa shape index (κ1) is 14.2. The topological polar surface area (TPSA) is 44.9 Å². The average Bonchev–Trinajstić information content (AvgIpc) is 3.38. The molecule has 2 N–H and O–H groups in total. The fourth-order valence-corrected chi connectivity index (χ4v) is 3.01. The van der Waals surface area contributed by atoms with Gasteiger partial charge < -0.3 is 15.5 Å². The first-order valence-electron chi connectivity index (χ1n) is 8.11. The van der Waals surface area contributed by atoms with Crippen molar-refractivity contribution in [3.8, 4) is 0 Å². The second-order valence-electron chi connectivity index (χ2n) is 6.19. The number of para-hydroxylation sites is 1. The van der Waals surface area contributed by atoms with Crippen LogP contribution in [-0.4, -0.2) is 37.0 Å². The number of hydrogen-bond donors (Lipinski definition) is 1. The number of piperidine rings is 1. The van der Waals surface area contributed by atoms with E-state index in [-0.39, 0.29) is 0 Å². The van der Waals surface area contributed by atoms with Gasteiger partial charge in [0.25, 0.3) is 0 Å². The van der Waals surface area contributed by atoms with Crippen LogP contribution in [0.2, 0.25) is 0 Å². The van der Waals surface area contributed by atoms with Crippen molar-refractivity contribution in [2.24, 2.45) is 10.7 Å². The lowest BCUT2D eigenvalue weighted by atomic mass is 10.1. The fraction of sp³-hybridized carbons (Fsp3) is 0.588. The van der Waals surface area contributed by atoms with Gasteiger partial charge in [-0.15, -0.1) is 0 Å². The Morgan fingerprint density at radius 3 is 2.67 bits per heavy atom. The van der Waals surface area contributed by atoms with Gasteiger partial charge in [-0.25, -0.2) is 4.99 Å². The van der Waals surface area contributed by atoms with Gasteiger partial charge in [-0.1, -0.05) is 18.2 Å². The Morgan fingerprint density at radius 2 is 1.95 bits per heavy atom. The first-order chi connectivity index (χ1) is 10.3. The van der Waals surface area contributed by atoms with Gasteiger partial charge in [-0.3, -0.25) is 0 Å². The van der Waals surface area contributed by atoms with Gasteiger partial charge in [-0.2, -0.15) is 0 Å². The molecule has 1 saturated heterocycles. The minimum atomic E-state index is 0.617. The molecule has 3 rings (SSSR count). The highest BCUT2D eigenvalue weighted by molar-refractivity contribution is 5.78. The molecule has 1 aliphatic carbocycles. The number of nitrogens with zero attached hydrogens (tertiary/aromatic N) is 3. The van der Waals surface area contributed by atoms with E-state index in [4.69, 9.17) is 5.73 Å². The van der Waals surface area contributed by atoms with Crippen LogP contribution in [-0.2, 0) is 6.54 Å². The normalized spacial score (nSPS) is 19.7. The zero-order valence-electron chi connectivity index (χ0n) is 13.0. The van der Waals surface area contributed by atoms with Gasteiger partial charge in [0.2, 0.25) is 0 Å². The Morgan fingerprint density at radius 1 is 1.24 bits per heavy atom. The maximum absolute atomic E-state index is 6.10. The van der Waals surface area contributed by atoms with E-state index >= 15 is 0 Å². The van der Waals surface area contributed by atoms with Gasteiger partial charge in [0.05, 0.1) is 6.54 Å². The van der Waals surface area contributed by atoms with E-state index in [9.17, 15) is 0 Å². The third-order valence-electron chi connectivity index (χ3n) is 4.56. The molecule has 0 aromatic heterocycles. The SMILES string of the molecule is CN(C(N)=NCc1ccccc1N1CCCCC1)C1CC1. The smallest absolute Gasteiger partial charge is 0.191 e. The third-order valence-corrected chi connectivity index (χ3v) is 4.56. The summed E-state index contributed by atoms with van der Waals surface area (Å²) in [6.45, 7) is 3.01. The molecule has 4 nitrogen and oxygen atoms in total. The molecular formula is C17H26N4. The molecule has 4 heteroatoms. The number of rotatable bonds is 4. The molecule has 0 atom stereocenters. The summed E-state index contributed by atoms with van der Waals surface area (Å²) in [7, 11) is 2.05. The molecule has 21 heavy (non-hydrogen) atoms. The van der Waals surface area contributed by atoms with E-state index in [1.807, 2.05) is 7.05 Å². The van der Waals surface area contributed by atoms with Crippen molar-refractivity contribution in [1.82, 2.24) is 4.90 Å². The minimum absolute atomic E-state index is 0.617. The highest BCUT2D eigenvalue weighted by atomic mass is 15.3. The van der Waals surface area contributed by atoms with Crippen LogP contribution in [0.15, 0.2) is 29.3 Å². The summed E-state index contributed by atoms with van der Waals surface area (Å²) in [6.07, 6.45) is 6.44. The van der Waals surface area contributed by atoms with Gasteiger partial charge >= 0.3 is 0 Å². The molecule has 114 valence electrons. The van der Waals surface area contributed by atoms with E-state index in [2.05, 4.69) is 39.1 Å². The molecular weight excluding hydrogens is 260 g/mol. The summed E-state index contributed by atoms with van der Waals surface area (Å²) in [5.74, 6) is 0.672. The van der Waals surface area contributed by atoms with E-state index in [0.717, 1.165) is 13.1 Å². The molecule has 0 spiro atoms. The second kappa shape index (κ2) is 6.37. The lowest BCUT2D eigenvalue weighted by Gasteiger charge is -2.30. The quantitative estimate of drug-likeness (QED) is 0.683. The average molecular weight is 286 g/mol. The molecule has 1 heterocycles. The Labute approximate surface area is 127 Å². The van der Waals surface area contributed by atoms with Crippen molar-refractivity contribution in [1.29, 1.82) is 0 Å². The number of benzene rings is 1. The van der Waals surface area contributed by atoms with Crippen molar-refractivity contribution in [2.45, 2.75) is 44.7 Å². The Bertz CT molecular complexity index is 501. The summed E-state index contributed by atoms with van der Waals surface area (Å²) >= 11 is 0. The zero-order chi connectivity index (χ0) is 14.7. The van der Waals surface area contributed by atoms with Crippen molar-refractivity contribution in [3.63, 3.8) is 0 Å². The van der Waals surface area contributed by atoms with Crippen LogP contribution in [0.5, 0.6) is 0 Å². The predicted molar refractivity (Wildman–Crippen MR) is 88.6 cm³/mol. The molecule has 0 radical (unpaired) electrons. The van der Waals surface area contributed by atoms with Gasteiger partial charge in [0.1, 0.15) is 0 Å². The summed E-state index contributed by atoms with van der Waals surface area (Å²) in [5, 5.41) is 0. The Hall–Kier alpha value is -1.71. The molecule has 0 bridgehead atoms. The van der Waals surface area contributed by atoms with Crippen LogP contribution < -0.4 is 10.6 Å². The molecule has 0 amide bonds. The minimum Gasteiger partial charge on any atom is -0.371 e. The summed E-state index contributed by atoms with van der Waals surface area (Å²) in [5.41, 5.74) is 8.72. The number of guanidine groups is 1. The maximum atomic E-state index is 6.10. The fourth-order valence-electron chi connectivity index (χ4n) is 3.01. The number of nitrogens with two attached hydrogens (primary N) is 1. The zero-order valence-corrected chi connectivity index (χ0v) is 13.0. The molecule has 1 aromatic rings. The van der Waals surface area contributed by atoms with Crippen LogP contribution >= 0.6 is 0 Å². The van der Waals surface area contributed by atoms with Crippen molar-refractivity contribution in [3.05, 3.63) is 29.8 Å². The van der Waals surface area contributed by atoms with E-state index in [1.165, 1.54) is 43.4 Å². The maximum Gasteiger partial charge on any atom is 0.191 e. The summed E-state index contributed by atoms with van der Waals surface area (Å²) in [4.78, 5) is 9.21. The van der Waals surface area contributed by atoms with Crippen molar-refractivity contribution < 1.29 is 0 Å². The van der Waals surface area contributed by atoms with Crippen LogP contribution in [0.25, 0.3) is 0 Å². The van der Waals surface area contributed by atoms with E-state index in [1.54, 1.807) is 0 Å². The molecule has 1 saturated carbocycles.